The maximum atomic E-state index is 13.0. The number of aliphatic hydroxyl groups is 1. The molecule has 2 saturated heterocycles. The van der Waals surface area contributed by atoms with Crippen molar-refractivity contribution < 1.29 is 19.4 Å². The number of carbonyl (C=O) groups excluding carboxylic acids is 2. The summed E-state index contributed by atoms with van der Waals surface area (Å²) in [6, 6.07) is 15.3. The third-order valence-corrected chi connectivity index (χ3v) is 7.79. The Balaban J connectivity index is 1.23. The molecule has 2 aliphatic heterocycles. The average Bonchev–Trinajstić information content (AvgIpc) is 2.89. The Hall–Kier alpha value is -2.65. The number of anilines is 1. The number of benzene rings is 2. The quantitative estimate of drug-likeness (QED) is 0.520. The largest absolute Gasteiger partial charge is 0.383 e. The summed E-state index contributed by atoms with van der Waals surface area (Å²) in [6.07, 6.45) is 1.78. The van der Waals surface area contributed by atoms with Crippen molar-refractivity contribution >= 4 is 29.1 Å². The average molecular weight is 529 g/mol. The Morgan fingerprint density at radius 3 is 2.46 bits per heavy atom. The van der Waals surface area contributed by atoms with Gasteiger partial charge in [0, 0.05) is 58.6 Å². The van der Waals surface area contributed by atoms with Crippen LogP contribution in [0.2, 0.25) is 5.02 Å². The fraction of sp³-hybridized carbons (Fsp3) is 0.500. The predicted molar refractivity (Wildman–Crippen MR) is 145 cm³/mol. The first-order valence-electron chi connectivity index (χ1n) is 12.8. The van der Waals surface area contributed by atoms with Gasteiger partial charge in [-0.05, 0) is 43.5 Å². The number of hydrogen-bond donors (Lipinski definition) is 2. The van der Waals surface area contributed by atoms with Gasteiger partial charge < -0.3 is 25.0 Å². The summed E-state index contributed by atoms with van der Waals surface area (Å²) in [6.45, 7) is 5.67. The normalized spacial score (nSPS) is 18.7. The summed E-state index contributed by atoms with van der Waals surface area (Å²) in [5, 5.41) is 14.8. The molecule has 2 aromatic carbocycles. The molecule has 37 heavy (non-hydrogen) atoms. The van der Waals surface area contributed by atoms with Crippen LogP contribution in [0.4, 0.5) is 5.69 Å². The third-order valence-electron chi connectivity index (χ3n) is 7.48. The van der Waals surface area contributed by atoms with Gasteiger partial charge in [0.05, 0.1) is 23.2 Å². The molecule has 8 nitrogen and oxygen atoms in total. The lowest BCUT2D eigenvalue weighted by Crippen LogP contribution is -2.61. The van der Waals surface area contributed by atoms with Crippen molar-refractivity contribution in [2.24, 2.45) is 0 Å². The van der Waals surface area contributed by atoms with E-state index < -0.39 is 5.60 Å². The number of carbonyl (C=O) groups is 2. The fourth-order valence-electron chi connectivity index (χ4n) is 5.08. The monoisotopic (exact) mass is 528 g/mol. The first-order chi connectivity index (χ1) is 17.7. The van der Waals surface area contributed by atoms with Gasteiger partial charge in [0.2, 0.25) is 0 Å². The van der Waals surface area contributed by atoms with Crippen LogP contribution in [-0.4, -0.2) is 97.2 Å². The van der Waals surface area contributed by atoms with Crippen molar-refractivity contribution in [3.63, 3.8) is 0 Å². The molecule has 2 aliphatic rings. The Kier molecular flexibility index (Phi) is 8.75. The van der Waals surface area contributed by atoms with Crippen molar-refractivity contribution in [3.8, 4) is 0 Å². The molecule has 200 valence electrons. The van der Waals surface area contributed by atoms with E-state index in [0.717, 1.165) is 31.6 Å². The lowest BCUT2D eigenvalue weighted by Gasteiger charge is -2.48. The Morgan fingerprint density at radius 1 is 1.16 bits per heavy atom. The highest BCUT2D eigenvalue weighted by molar-refractivity contribution is 6.34. The van der Waals surface area contributed by atoms with E-state index in [-0.39, 0.29) is 11.8 Å². The molecule has 4 rings (SSSR count). The van der Waals surface area contributed by atoms with E-state index in [2.05, 4.69) is 10.2 Å². The smallest absolute Gasteiger partial charge is 0.258 e. The van der Waals surface area contributed by atoms with Crippen molar-refractivity contribution in [2.75, 3.05) is 58.8 Å². The minimum Gasteiger partial charge on any atom is -0.383 e. The van der Waals surface area contributed by atoms with E-state index >= 15 is 0 Å². The van der Waals surface area contributed by atoms with Gasteiger partial charge in [-0.3, -0.25) is 14.5 Å². The lowest BCUT2D eigenvalue weighted by molar-refractivity contribution is -0.152. The molecule has 9 heteroatoms. The summed E-state index contributed by atoms with van der Waals surface area (Å²) < 4.78 is 5.04. The maximum absolute atomic E-state index is 13.0. The molecule has 0 bridgehead atoms. The summed E-state index contributed by atoms with van der Waals surface area (Å²) in [4.78, 5) is 31.5. The number of ether oxygens (including phenoxy) is 1. The topological polar surface area (TPSA) is 85.4 Å². The van der Waals surface area contributed by atoms with Gasteiger partial charge in [-0.25, -0.2) is 0 Å². The first-order valence-corrected chi connectivity index (χ1v) is 13.2. The van der Waals surface area contributed by atoms with E-state index in [1.54, 1.807) is 49.1 Å². The third kappa shape index (κ3) is 6.26. The lowest BCUT2D eigenvalue weighted by atomic mass is 9.92. The van der Waals surface area contributed by atoms with Gasteiger partial charge in [0.25, 0.3) is 11.8 Å². The molecule has 2 N–H and O–H groups in total. The number of hydrogen-bond acceptors (Lipinski definition) is 6. The van der Waals surface area contributed by atoms with Crippen LogP contribution in [0.15, 0.2) is 48.5 Å². The van der Waals surface area contributed by atoms with Crippen molar-refractivity contribution in [3.05, 3.63) is 64.7 Å². The molecule has 0 aromatic heterocycles. The molecule has 0 radical (unpaired) electrons. The Bertz CT molecular complexity index is 1080. The van der Waals surface area contributed by atoms with E-state index in [1.165, 1.54) is 0 Å². The molecule has 0 saturated carbocycles. The number of nitrogens with one attached hydrogen (secondary N) is 1. The number of likely N-dealkylation sites (N-methyl/N-ethyl adjacent to an activating group) is 1. The number of methoxy groups -OCH3 is 1. The maximum Gasteiger partial charge on any atom is 0.258 e. The molecule has 0 aliphatic carbocycles. The van der Waals surface area contributed by atoms with Crippen molar-refractivity contribution in [1.82, 2.24) is 14.7 Å². The van der Waals surface area contributed by atoms with Crippen LogP contribution in [0.25, 0.3) is 0 Å². The standard InChI is InChI=1S/C28H37ClN4O4/c1-28(36,20-7-5-4-6-8-20)27(35)32-13-11-23(12-14-32)33-18-22(19-33)30-21-9-10-24(25(29)17-21)26(34)31(2)15-16-37-3/h4-10,17,22-23,30,36H,11-16,18-19H2,1-3H3. The van der Waals surface area contributed by atoms with Crippen LogP contribution in [0.3, 0.4) is 0 Å². The summed E-state index contributed by atoms with van der Waals surface area (Å²) in [7, 11) is 3.34. The second-order valence-electron chi connectivity index (χ2n) is 10.2. The zero-order valence-corrected chi connectivity index (χ0v) is 22.6. The number of rotatable bonds is 9. The highest BCUT2D eigenvalue weighted by Gasteiger charge is 2.40. The second-order valence-corrected chi connectivity index (χ2v) is 10.6. The highest BCUT2D eigenvalue weighted by Crippen LogP contribution is 2.29. The van der Waals surface area contributed by atoms with E-state index in [1.807, 2.05) is 30.3 Å². The second kappa shape index (κ2) is 11.8. The fourth-order valence-corrected chi connectivity index (χ4v) is 5.34. The summed E-state index contributed by atoms with van der Waals surface area (Å²) in [5.41, 5.74) is 0.484. The predicted octanol–water partition coefficient (Wildman–Crippen LogP) is 3.05. The van der Waals surface area contributed by atoms with Crippen LogP contribution in [0, 0.1) is 0 Å². The number of halogens is 1. The Labute approximate surface area is 224 Å². The van der Waals surface area contributed by atoms with E-state index in [9.17, 15) is 14.7 Å². The van der Waals surface area contributed by atoms with E-state index in [4.69, 9.17) is 16.3 Å². The van der Waals surface area contributed by atoms with Crippen LogP contribution < -0.4 is 5.32 Å². The summed E-state index contributed by atoms with van der Waals surface area (Å²) in [5.74, 6) is -0.359. The van der Waals surface area contributed by atoms with Crippen LogP contribution in [0.1, 0.15) is 35.7 Å². The zero-order chi connectivity index (χ0) is 26.6. The van der Waals surface area contributed by atoms with Gasteiger partial charge in [0.15, 0.2) is 5.60 Å². The van der Waals surface area contributed by atoms with Crippen LogP contribution >= 0.6 is 11.6 Å². The van der Waals surface area contributed by atoms with Crippen molar-refractivity contribution in [1.29, 1.82) is 0 Å². The number of likely N-dealkylation sites (tertiary alicyclic amines) is 2. The highest BCUT2D eigenvalue weighted by atomic mass is 35.5. The molecule has 2 fully saturated rings. The summed E-state index contributed by atoms with van der Waals surface area (Å²) >= 11 is 6.43. The van der Waals surface area contributed by atoms with Gasteiger partial charge in [0.1, 0.15) is 0 Å². The molecule has 2 amide bonds. The van der Waals surface area contributed by atoms with Crippen molar-refractivity contribution in [2.45, 2.75) is 37.5 Å². The first kappa shape index (κ1) is 27.4. The van der Waals surface area contributed by atoms with E-state index in [0.29, 0.717) is 54.5 Å². The molecule has 1 unspecified atom stereocenters. The molecule has 2 aromatic rings. The zero-order valence-electron chi connectivity index (χ0n) is 21.8. The van der Waals surface area contributed by atoms with Gasteiger partial charge in [-0.2, -0.15) is 0 Å². The number of nitrogens with zero attached hydrogens (tertiary/aromatic N) is 3. The van der Waals surface area contributed by atoms with Gasteiger partial charge in [-0.15, -0.1) is 0 Å². The number of amides is 2. The van der Waals surface area contributed by atoms with Gasteiger partial charge >= 0.3 is 0 Å². The van der Waals surface area contributed by atoms with Crippen LogP contribution in [-0.2, 0) is 15.1 Å². The van der Waals surface area contributed by atoms with Crippen LogP contribution in [0.5, 0.6) is 0 Å². The Morgan fingerprint density at radius 2 is 1.84 bits per heavy atom. The molecular formula is C28H37ClN4O4. The molecular weight excluding hydrogens is 492 g/mol. The van der Waals surface area contributed by atoms with Gasteiger partial charge in [-0.1, -0.05) is 41.9 Å². The minimum absolute atomic E-state index is 0.126. The minimum atomic E-state index is -1.51. The number of piperidine rings is 1. The molecule has 0 spiro atoms. The molecule has 1 atom stereocenters. The SMILES string of the molecule is COCCN(C)C(=O)c1ccc(NC2CN(C3CCN(C(=O)C(C)(O)c4ccccc4)CC3)C2)cc1Cl. The molecule has 2 heterocycles.